The third-order valence-electron chi connectivity index (χ3n) is 8.10. The summed E-state index contributed by atoms with van der Waals surface area (Å²) in [5.41, 5.74) is 8.90. The number of aliphatic imine (C=N–C) groups is 1. The molecule has 34 heavy (non-hydrogen) atoms. The molecule has 188 valence electrons. The number of aromatic nitrogens is 1. The van der Waals surface area contributed by atoms with E-state index < -0.39 is 0 Å². The van der Waals surface area contributed by atoms with Crippen LogP contribution in [0, 0.1) is 11.3 Å². The van der Waals surface area contributed by atoms with Crippen molar-refractivity contribution in [2.75, 3.05) is 44.3 Å². The maximum atomic E-state index is 10.2. The van der Waals surface area contributed by atoms with Gasteiger partial charge in [-0.3, -0.25) is 0 Å². The number of anilines is 1. The van der Waals surface area contributed by atoms with Crippen molar-refractivity contribution in [2.24, 2.45) is 22.1 Å². The molecule has 2 fully saturated rings. The Hall–Kier alpha value is -1.87. The lowest BCUT2D eigenvalue weighted by molar-refractivity contribution is 0.136. The summed E-state index contributed by atoms with van der Waals surface area (Å²) in [5.74, 6) is 1.99. The van der Waals surface area contributed by atoms with E-state index in [1.54, 1.807) is 6.20 Å². The van der Waals surface area contributed by atoms with E-state index in [4.69, 9.17) is 22.3 Å². The van der Waals surface area contributed by atoms with Crippen LogP contribution < -0.4 is 16.0 Å². The van der Waals surface area contributed by atoms with Crippen LogP contribution in [0.4, 0.5) is 5.82 Å². The second-order valence-electron chi connectivity index (χ2n) is 10.3. The van der Waals surface area contributed by atoms with Crippen LogP contribution in [0.3, 0.4) is 0 Å². The predicted molar refractivity (Wildman–Crippen MR) is 138 cm³/mol. The lowest BCUT2D eigenvalue weighted by atomic mass is 9.75. The van der Waals surface area contributed by atoms with Gasteiger partial charge in [0.15, 0.2) is 0 Å². The first-order chi connectivity index (χ1) is 16.3. The summed E-state index contributed by atoms with van der Waals surface area (Å²) >= 11 is 6.89. The van der Waals surface area contributed by atoms with E-state index in [2.05, 4.69) is 33.9 Å². The van der Waals surface area contributed by atoms with Crippen LogP contribution in [0.5, 0.6) is 0 Å². The van der Waals surface area contributed by atoms with Gasteiger partial charge in [0.2, 0.25) is 0 Å². The van der Waals surface area contributed by atoms with Crippen molar-refractivity contribution in [3.8, 4) is 0 Å². The van der Waals surface area contributed by atoms with Crippen molar-refractivity contribution < 1.29 is 10.2 Å². The fourth-order valence-corrected chi connectivity index (χ4v) is 5.54. The second kappa shape index (κ2) is 10.4. The number of likely N-dealkylation sites (tertiary alicyclic amines) is 1. The van der Waals surface area contributed by atoms with Gasteiger partial charge in [-0.15, -0.1) is 0 Å². The molecule has 5 N–H and O–H groups in total. The molecule has 0 aliphatic carbocycles. The van der Waals surface area contributed by atoms with E-state index in [0.29, 0.717) is 10.9 Å². The second-order valence-corrected chi connectivity index (χ2v) is 10.7. The first-order valence-corrected chi connectivity index (χ1v) is 12.8. The molecule has 0 aromatic carbocycles. The Morgan fingerprint density at radius 1 is 1.18 bits per heavy atom. The highest BCUT2D eigenvalue weighted by Crippen LogP contribution is 2.37. The normalized spacial score (nSPS) is 24.7. The van der Waals surface area contributed by atoms with E-state index in [-0.39, 0.29) is 30.7 Å². The first-order valence-electron chi connectivity index (χ1n) is 12.5. The van der Waals surface area contributed by atoms with Gasteiger partial charge in [0, 0.05) is 50.6 Å². The molecule has 4 rings (SSSR count). The number of aliphatic hydroxyl groups excluding tert-OH is 2. The third-order valence-corrected chi connectivity index (χ3v) is 8.47. The Balaban J connectivity index is 1.58. The molecule has 9 heteroatoms. The molecule has 0 amide bonds. The number of halogens is 1. The van der Waals surface area contributed by atoms with Gasteiger partial charge in [0.25, 0.3) is 0 Å². The van der Waals surface area contributed by atoms with E-state index in [1.807, 2.05) is 13.0 Å². The molecule has 1 aromatic rings. The van der Waals surface area contributed by atoms with Gasteiger partial charge < -0.3 is 31.1 Å². The van der Waals surface area contributed by atoms with Gasteiger partial charge >= 0.3 is 0 Å². The SMILES string of the molecule is CC1=C(c2ccnc(N3CCC(CO)CC3)c2Cl)NC(CO)C(N2CCC(C)(C(C)N)CC2)=N1. The van der Waals surface area contributed by atoms with Gasteiger partial charge in [-0.2, -0.15) is 0 Å². The lowest BCUT2D eigenvalue weighted by Gasteiger charge is -2.45. The molecule has 4 heterocycles. The molecule has 0 radical (unpaired) electrons. The Labute approximate surface area is 207 Å². The molecule has 3 aliphatic rings. The molecular weight excluding hydrogens is 452 g/mol. The van der Waals surface area contributed by atoms with Crippen LogP contribution in [0.1, 0.15) is 52.0 Å². The minimum atomic E-state index is -0.300. The standard InChI is InChI=1S/C25H39ClN6O2/c1-16-22(19-4-9-28-24(21(19)26)31-10-5-18(14-33)6-11-31)30-20(15-34)23(29-16)32-12-7-25(3,8-13-32)17(2)27/h4,9,17-18,20,30,33-34H,5-8,10-15,27H2,1-3H3. The zero-order valence-corrected chi connectivity index (χ0v) is 21.4. The Morgan fingerprint density at radius 2 is 1.85 bits per heavy atom. The molecule has 2 unspecified atom stereocenters. The minimum Gasteiger partial charge on any atom is -0.396 e. The van der Waals surface area contributed by atoms with Crippen molar-refractivity contribution in [3.05, 3.63) is 28.5 Å². The van der Waals surface area contributed by atoms with Crippen molar-refractivity contribution >= 4 is 29.0 Å². The largest absolute Gasteiger partial charge is 0.396 e. The van der Waals surface area contributed by atoms with Gasteiger partial charge in [0.05, 0.1) is 23.0 Å². The van der Waals surface area contributed by atoms with E-state index in [1.165, 1.54) is 0 Å². The first kappa shape index (κ1) is 25.2. The van der Waals surface area contributed by atoms with Crippen LogP contribution >= 0.6 is 11.6 Å². The maximum absolute atomic E-state index is 10.2. The quantitative estimate of drug-likeness (QED) is 0.501. The van der Waals surface area contributed by atoms with Crippen LogP contribution in [0.25, 0.3) is 5.70 Å². The fraction of sp³-hybridized carbons (Fsp3) is 0.680. The van der Waals surface area contributed by atoms with Crippen LogP contribution in [0.15, 0.2) is 23.0 Å². The number of aliphatic hydroxyl groups is 2. The number of piperidine rings is 2. The maximum Gasteiger partial charge on any atom is 0.148 e. The average Bonchev–Trinajstić information content (AvgIpc) is 2.85. The number of nitrogens with two attached hydrogens (primary N) is 1. The molecule has 8 nitrogen and oxygen atoms in total. The van der Waals surface area contributed by atoms with Gasteiger partial charge in [-0.1, -0.05) is 18.5 Å². The number of allylic oxidation sites excluding steroid dienone is 1. The summed E-state index contributed by atoms with van der Waals surface area (Å²) in [4.78, 5) is 14.0. The number of pyridine rings is 1. The zero-order valence-electron chi connectivity index (χ0n) is 20.6. The number of nitrogens with one attached hydrogen (secondary N) is 1. The third kappa shape index (κ3) is 4.91. The van der Waals surface area contributed by atoms with Crippen molar-refractivity contribution in [2.45, 2.75) is 58.5 Å². The Kier molecular flexibility index (Phi) is 7.72. The highest BCUT2D eigenvalue weighted by atomic mass is 35.5. The van der Waals surface area contributed by atoms with Crippen molar-refractivity contribution in [1.29, 1.82) is 0 Å². The number of hydrogen-bond acceptors (Lipinski definition) is 8. The monoisotopic (exact) mass is 490 g/mol. The number of rotatable bonds is 5. The van der Waals surface area contributed by atoms with Gasteiger partial charge in [-0.05, 0) is 56.9 Å². The highest BCUT2D eigenvalue weighted by molar-refractivity contribution is 6.34. The summed E-state index contributed by atoms with van der Waals surface area (Å²) in [6, 6.07) is 1.76. The molecular formula is C25H39ClN6O2. The number of amidine groups is 1. The summed E-state index contributed by atoms with van der Waals surface area (Å²) in [6.07, 6.45) is 5.64. The van der Waals surface area contributed by atoms with Gasteiger partial charge in [0.1, 0.15) is 17.7 Å². The summed E-state index contributed by atoms with van der Waals surface area (Å²) in [5, 5.41) is 23.8. The molecule has 1 aromatic heterocycles. The number of nitrogens with zero attached hydrogens (tertiary/aromatic N) is 4. The molecule has 0 bridgehead atoms. The van der Waals surface area contributed by atoms with Crippen molar-refractivity contribution in [3.63, 3.8) is 0 Å². The topological polar surface area (TPSA) is 110 Å². The molecule has 3 aliphatic heterocycles. The molecule has 2 atom stereocenters. The van der Waals surface area contributed by atoms with Crippen molar-refractivity contribution in [1.82, 2.24) is 15.2 Å². The smallest absolute Gasteiger partial charge is 0.148 e. The lowest BCUT2D eigenvalue weighted by Crippen LogP contribution is -2.55. The molecule has 0 saturated carbocycles. The van der Waals surface area contributed by atoms with Crippen LogP contribution in [-0.4, -0.2) is 77.4 Å². The van der Waals surface area contributed by atoms with Gasteiger partial charge in [-0.25, -0.2) is 9.98 Å². The van der Waals surface area contributed by atoms with E-state index in [9.17, 15) is 10.2 Å². The summed E-state index contributed by atoms with van der Waals surface area (Å²) in [6.45, 7) is 9.91. The Morgan fingerprint density at radius 3 is 2.44 bits per heavy atom. The molecule has 0 spiro atoms. The zero-order chi connectivity index (χ0) is 24.5. The predicted octanol–water partition coefficient (Wildman–Crippen LogP) is 2.44. The minimum absolute atomic E-state index is 0.0547. The fourth-order valence-electron chi connectivity index (χ4n) is 5.22. The van der Waals surface area contributed by atoms with Crippen LogP contribution in [0.2, 0.25) is 5.02 Å². The summed E-state index contributed by atoms with van der Waals surface area (Å²) < 4.78 is 0. The molecule has 2 saturated heterocycles. The Bertz CT molecular complexity index is 933. The number of hydrogen-bond donors (Lipinski definition) is 4. The van der Waals surface area contributed by atoms with E-state index >= 15 is 0 Å². The van der Waals surface area contributed by atoms with Crippen LogP contribution in [-0.2, 0) is 0 Å². The van der Waals surface area contributed by atoms with E-state index in [0.717, 1.165) is 80.5 Å². The summed E-state index contributed by atoms with van der Waals surface area (Å²) in [7, 11) is 0. The highest BCUT2D eigenvalue weighted by Gasteiger charge is 2.37. The average molecular weight is 491 g/mol.